The predicted octanol–water partition coefficient (Wildman–Crippen LogP) is 1.20. The molecule has 1 aliphatic rings. The molecule has 0 fully saturated rings. The lowest BCUT2D eigenvalue weighted by atomic mass is 9.96. The Bertz CT molecular complexity index is 525. The molecule has 2 amide bonds. The summed E-state index contributed by atoms with van der Waals surface area (Å²) >= 11 is 3.32. The van der Waals surface area contributed by atoms with Crippen LogP contribution in [0.15, 0.2) is 33.7 Å². The summed E-state index contributed by atoms with van der Waals surface area (Å²) in [6, 6.07) is 7.10. The lowest BCUT2D eigenvalue weighted by Crippen LogP contribution is -2.43. The molecule has 6 heteroatoms. The maximum atomic E-state index is 12.0. The van der Waals surface area contributed by atoms with Crippen molar-refractivity contribution in [2.75, 3.05) is 13.6 Å². The van der Waals surface area contributed by atoms with Crippen molar-refractivity contribution < 1.29 is 9.59 Å². The highest BCUT2D eigenvalue weighted by molar-refractivity contribution is 9.10. The minimum absolute atomic E-state index is 0.312. The largest absolute Gasteiger partial charge is 0.319 e. The number of carbonyl (C=O) groups is 2. The quantitative estimate of drug-likeness (QED) is 0.818. The van der Waals surface area contributed by atoms with Crippen LogP contribution in [0, 0.1) is 0 Å². The van der Waals surface area contributed by atoms with Gasteiger partial charge in [-0.15, -0.1) is 0 Å². The van der Waals surface area contributed by atoms with E-state index in [1.807, 2.05) is 0 Å². The topological polar surface area (TPSA) is 70.6 Å². The zero-order valence-electron chi connectivity index (χ0n) is 10.4. The number of hydrogen-bond donors (Lipinski definition) is 2. The van der Waals surface area contributed by atoms with Crippen molar-refractivity contribution in [1.82, 2.24) is 10.6 Å². The summed E-state index contributed by atoms with van der Waals surface area (Å²) < 4.78 is 0.901. The summed E-state index contributed by atoms with van der Waals surface area (Å²) in [5.41, 5.74) is 0.655. The van der Waals surface area contributed by atoms with Crippen LogP contribution in [0.4, 0.5) is 0 Å². The molecule has 2 N–H and O–H groups in total. The Hall–Kier alpha value is -1.53. The number of nitrogens with zero attached hydrogens (tertiary/aromatic N) is 1. The van der Waals surface area contributed by atoms with Crippen LogP contribution in [0.5, 0.6) is 0 Å². The smallest absolute Gasteiger partial charge is 0.264 e. The zero-order chi connectivity index (χ0) is 13.8. The molecule has 0 saturated carbocycles. The Balaban J connectivity index is 2.20. The predicted molar refractivity (Wildman–Crippen MR) is 76.0 cm³/mol. The minimum atomic E-state index is -0.841. The Morgan fingerprint density at radius 1 is 1.32 bits per heavy atom. The summed E-state index contributed by atoms with van der Waals surface area (Å²) in [5.74, 6) is -1.13. The third kappa shape index (κ3) is 3.27. The normalized spacial score (nSPS) is 19.1. The zero-order valence-corrected chi connectivity index (χ0v) is 12.0. The average Bonchev–Trinajstić information content (AvgIpc) is 2.38. The van der Waals surface area contributed by atoms with Gasteiger partial charge in [0.1, 0.15) is 11.8 Å². The highest BCUT2D eigenvalue weighted by atomic mass is 79.9. The van der Waals surface area contributed by atoms with Crippen molar-refractivity contribution in [1.29, 1.82) is 0 Å². The fourth-order valence-electron chi connectivity index (χ4n) is 1.86. The van der Waals surface area contributed by atoms with E-state index in [0.717, 1.165) is 4.47 Å². The Kier molecular flexibility index (Phi) is 4.44. The molecule has 1 heterocycles. The first kappa shape index (κ1) is 13.9. The van der Waals surface area contributed by atoms with Gasteiger partial charge in [-0.2, -0.15) is 4.99 Å². The van der Waals surface area contributed by atoms with E-state index in [0.29, 0.717) is 24.4 Å². The highest BCUT2D eigenvalue weighted by Crippen LogP contribution is 2.22. The van der Waals surface area contributed by atoms with E-state index in [-0.39, 0.29) is 5.91 Å². The molecule has 1 aromatic carbocycles. The maximum absolute atomic E-state index is 12.0. The lowest BCUT2D eigenvalue weighted by molar-refractivity contribution is -0.129. The van der Waals surface area contributed by atoms with Gasteiger partial charge in [-0.1, -0.05) is 28.1 Å². The molecular weight excluding hydrogens is 310 g/mol. The number of carbonyl (C=O) groups excluding carboxylic acids is 2. The third-order valence-electron chi connectivity index (χ3n) is 2.84. The van der Waals surface area contributed by atoms with Crippen molar-refractivity contribution in [2.45, 2.75) is 12.3 Å². The van der Waals surface area contributed by atoms with Crippen molar-refractivity contribution in [2.24, 2.45) is 4.99 Å². The van der Waals surface area contributed by atoms with Crippen molar-refractivity contribution in [3.05, 3.63) is 34.3 Å². The lowest BCUT2D eigenvalue weighted by Gasteiger charge is -2.20. The Labute approximate surface area is 119 Å². The number of amides is 2. The molecule has 0 aliphatic carbocycles. The van der Waals surface area contributed by atoms with Gasteiger partial charge in [0.15, 0.2) is 0 Å². The van der Waals surface area contributed by atoms with E-state index in [9.17, 15) is 9.59 Å². The van der Waals surface area contributed by atoms with Crippen LogP contribution in [0.25, 0.3) is 0 Å². The van der Waals surface area contributed by atoms with Crippen LogP contribution in [0.2, 0.25) is 0 Å². The number of hydrogen-bond acceptors (Lipinski definition) is 3. The molecule has 100 valence electrons. The van der Waals surface area contributed by atoms with Crippen molar-refractivity contribution in [3.8, 4) is 0 Å². The van der Waals surface area contributed by atoms with Crippen LogP contribution in [0.3, 0.4) is 0 Å². The Morgan fingerprint density at radius 2 is 2.00 bits per heavy atom. The summed E-state index contributed by atoms with van der Waals surface area (Å²) in [5, 5.41) is 5.63. The summed E-state index contributed by atoms with van der Waals surface area (Å²) in [6.07, 6.45) is 0.529. The van der Waals surface area contributed by atoms with E-state index < -0.39 is 11.8 Å². The van der Waals surface area contributed by atoms with E-state index in [1.165, 1.54) is 0 Å². The maximum Gasteiger partial charge on any atom is 0.264 e. The number of rotatable bonds is 4. The fourth-order valence-corrected chi connectivity index (χ4v) is 2.13. The van der Waals surface area contributed by atoms with E-state index in [1.54, 1.807) is 31.3 Å². The van der Waals surface area contributed by atoms with E-state index in [2.05, 4.69) is 31.6 Å². The molecule has 1 aromatic rings. The third-order valence-corrected chi connectivity index (χ3v) is 3.37. The van der Waals surface area contributed by atoms with Crippen LogP contribution in [-0.4, -0.2) is 31.2 Å². The first-order valence-electron chi connectivity index (χ1n) is 5.94. The van der Waals surface area contributed by atoms with E-state index >= 15 is 0 Å². The number of nitrogens with one attached hydrogen (secondary N) is 2. The number of aliphatic imine (C=N–C) groups is 1. The first-order valence-corrected chi connectivity index (χ1v) is 6.73. The number of amidine groups is 1. The Morgan fingerprint density at radius 3 is 2.58 bits per heavy atom. The average molecular weight is 324 g/mol. The molecule has 0 saturated heterocycles. The monoisotopic (exact) mass is 323 g/mol. The van der Waals surface area contributed by atoms with E-state index in [4.69, 9.17) is 0 Å². The van der Waals surface area contributed by atoms with Crippen molar-refractivity contribution in [3.63, 3.8) is 0 Å². The summed E-state index contributed by atoms with van der Waals surface area (Å²) in [4.78, 5) is 27.9. The van der Waals surface area contributed by atoms with Crippen LogP contribution in [-0.2, 0) is 9.59 Å². The first-order chi connectivity index (χ1) is 9.11. The standard InChI is InChI=1S/C13H14BrN3O2/c1-15-7-6-10-16-12(18)11(13(19)17-10)8-2-4-9(14)5-3-8/h2-5,11,15H,6-7H2,1H3,(H,16,17,18,19). The molecule has 2 rings (SSSR count). The second-order valence-electron chi connectivity index (χ2n) is 4.22. The van der Waals surface area contributed by atoms with Gasteiger partial charge in [-0.25, -0.2) is 0 Å². The second kappa shape index (κ2) is 6.08. The second-order valence-corrected chi connectivity index (χ2v) is 5.14. The van der Waals surface area contributed by atoms with Gasteiger partial charge in [0.2, 0.25) is 5.91 Å². The van der Waals surface area contributed by atoms with Gasteiger partial charge in [0, 0.05) is 17.4 Å². The summed E-state index contributed by atoms with van der Waals surface area (Å²) in [7, 11) is 1.80. The number of benzene rings is 1. The highest BCUT2D eigenvalue weighted by Gasteiger charge is 2.32. The molecule has 0 aromatic heterocycles. The molecule has 0 radical (unpaired) electrons. The molecule has 0 spiro atoms. The molecular formula is C13H14BrN3O2. The SMILES string of the molecule is CNCCC1=NC(=O)C(c2ccc(Br)cc2)C(=O)N1. The van der Waals surface area contributed by atoms with Gasteiger partial charge in [-0.05, 0) is 24.7 Å². The van der Waals surface area contributed by atoms with Gasteiger partial charge >= 0.3 is 0 Å². The number of halogens is 1. The van der Waals surface area contributed by atoms with Gasteiger partial charge in [0.05, 0.1) is 0 Å². The molecule has 0 bridgehead atoms. The molecule has 1 unspecified atom stereocenters. The molecule has 19 heavy (non-hydrogen) atoms. The molecule has 1 atom stereocenters. The van der Waals surface area contributed by atoms with Crippen molar-refractivity contribution >= 4 is 33.6 Å². The molecule has 5 nitrogen and oxygen atoms in total. The van der Waals surface area contributed by atoms with Crippen LogP contribution >= 0.6 is 15.9 Å². The van der Waals surface area contributed by atoms with Gasteiger partial charge < -0.3 is 10.6 Å². The minimum Gasteiger partial charge on any atom is -0.319 e. The van der Waals surface area contributed by atoms with Gasteiger partial charge in [0.25, 0.3) is 5.91 Å². The summed E-state index contributed by atoms with van der Waals surface area (Å²) in [6.45, 7) is 0.662. The van der Waals surface area contributed by atoms with Crippen LogP contribution < -0.4 is 10.6 Å². The fraction of sp³-hybridized carbons (Fsp3) is 0.308. The van der Waals surface area contributed by atoms with Gasteiger partial charge in [-0.3, -0.25) is 9.59 Å². The van der Waals surface area contributed by atoms with Crippen LogP contribution in [0.1, 0.15) is 17.9 Å². The molecule has 1 aliphatic heterocycles.